The van der Waals surface area contributed by atoms with Crippen molar-refractivity contribution in [3.8, 4) is 0 Å². The van der Waals surface area contributed by atoms with Gasteiger partial charge in [0.05, 0.1) is 19.3 Å². The fourth-order valence-corrected chi connectivity index (χ4v) is 1.77. The van der Waals surface area contributed by atoms with E-state index in [9.17, 15) is 5.11 Å². The molecule has 1 saturated heterocycles. The maximum absolute atomic E-state index is 9.64. The first-order chi connectivity index (χ1) is 7.29. The van der Waals surface area contributed by atoms with E-state index in [1.54, 1.807) is 13.1 Å². The Morgan fingerprint density at radius 2 is 2.20 bits per heavy atom. The number of aliphatic hydroxyl groups excluding tert-OH is 1. The number of hydrogen-bond acceptors (Lipinski definition) is 4. The molecular formula is C11H16N2O2. The minimum Gasteiger partial charge on any atom is -0.389 e. The van der Waals surface area contributed by atoms with Gasteiger partial charge in [-0.05, 0) is 13.0 Å². The molecule has 0 spiro atoms. The second-order valence-corrected chi connectivity index (χ2v) is 3.69. The first-order valence-corrected chi connectivity index (χ1v) is 5.24. The van der Waals surface area contributed by atoms with Crippen LogP contribution in [0.25, 0.3) is 0 Å². The van der Waals surface area contributed by atoms with Crippen molar-refractivity contribution in [3.05, 3.63) is 23.9 Å². The molecule has 0 aromatic carbocycles. The number of morpholine rings is 1. The summed E-state index contributed by atoms with van der Waals surface area (Å²) in [7, 11) is 0. The van der Waals surface area contributed by atoms with Gasteiger partial charge in [0.25, 0.3) is 0 Å². The predicted octanol–water partition coefficient (Wildman–Crippen LogP) is 0.972. The minimum absolute atomic E-state index is 0.475. The molecule has 1 N–H and O–H groups in total. The summed E-state index contributed by atoms with van der Waals surface area (Å²) in [4.78, 5) is 6.49. The van der Waals surface area contributed by atoms with E-state index in [-0.39, 0.29) is 0 Å². The van der Waals surface area contributed by atoms with E-state index in [2.05, 4.69) is 9.88 Å². The van der Waals surface area contributed by atoms with Gasteiger partial charge in [-0.25, -0.2) is 4.98 Å². The van der Waals surface area contributed by atoms with Crippen LogP contribution in [0.3, 0.4) is 0 Å². The highest BCUT2D eigenvalue weighted by Crippen LogP contribution is 2.23. The number of anilines is 1. The van der Waals surface area contributed by atoms with E-state index in [1.807, 2.05) is 12.1 Å². The summed E-state index contributed by atoms with van der Waals surface area (Å²) in [6, 6.07) is 3.77. The maximum Gasteiger partial charge on any atom is 0.134 e. The summed E-state index contributed by atoms with van der Waals surface area (Å²) in [5, 5.41) is 9.64. The second-order valence-electron chi connectivity index (χ2n) is 3.69. The Morgan fingerprint density at radius 3 is 2.87 bits per heavy atom. The van der Waals surface area contributed by atoms with E-state index in [0.29, 0.717) is 0 Å². The lowest BCUT2D eigenvalue weighted by Gasteiger charge is -2.29. The van der Waals surface area contributed by atoms with Crippen molar-refractivity contribution in [3.63, 3.8) is 0 Å². The first kappa shape index (κ1) is 10.4. The molecule has 4 heteroatoms. The number of hydrogen-bond donors (Lipinski definition) is 1. The fourth-order valence-electron chi connectivity index (χ4n) is 1.77. The van der Waals surface area contributed by atoms with E-state index in [0.717, 1.165) is 37.7 Å². The Bertz CT molecular complexity index is 322. The third kappa shape index (κ3) is 2.27. The average Bonchev–Trinajstić information content (AvgIpc) is 2.30. The minimum atomic E-state index is -0.475. The molecule has 1 aliphatic heterocycles. The molecule has 1 aromatic rings. The van der Waals surface area contributed by atoms with Crippen molar-refractivity contribution in [2.75, 3.05) is 31.2 Å². The van der Waals surface area contributed by atoms with Gasteiger partial charge < -0.3 is 14.7 Å². The molecule has 1 fully saturated rings. The normalized spacial score (nSPS) is 18.9. The Labute approximate surface area is 89.5 Å². The van der Waals surface area contributed by atoms with Crippen LogP contribution in [0, 0.1) is 0 Å². The standard InChI is InChI=1S/C11H16N2O2/c1-9(14)10-3-2-4-12-11(10)13-5-7-15-8-6-13/h2-4,9,14H,5-8H2,1H3/t9-/m0/s1. The predicted molar refractivity (Wildman–Crippen MR) is 57.9 cm³/mol. The first-order valence-electron chi connectivity index (χ1n) is 5.24. The molecule has 1 atom stereocenters. The molecule has 1 aromatic heterocycles. The maximum atomic E-state index is 9.64. The van der Waals surface area contributed by atoms with Gasteiger partial charge in [-0.1, -0.05) is 6.07 Å². The number of ether oxygens (including phenoxy) is 1. The molecule has 2 rings (SSSR count). The average molecular weight is 208 g/mol. The molecule has 0 bridgehead atoms. The van der Waals surface area contributed by atoms with Crippen molar-refractivity contribution in [1.29, 1.82) is 0 Å². The van der Waals surface area contributed by atoms with Crippen molar-refractivity contribution in [2.45, 2.75) is 13.0 Å². The molecular weight excluding hydrogens is 192 g/mol. The Kier molecular flexibility index (Phi) is 3.18. The number of aromatic nitrogens is 1. The Balaban J connectivity index is 2.25. The van der Waals surface area contributed by atoms with Gasteiger partial charge in [0.2, 0.25) is 0 Å². The third-order valence-corrected chi connectivity index (χ3v) is 2.58. The fraction of sp³-hybridized carbons (Fsp3) is 0.545. The molecule has 0 amide bonds. The molecule has 4 nitrogen and oxygen atoms in total. The highest BCUT2D eigenvalue weighted by atomic mass is 16.5. The van der Waals surface area contributed by atoms with Crippen LogP contribution in [0.1, 0.15) is 18.6 Å². The number of rotatable bonds is 2. The highest BCUT2D eigenvalue weighted by molar-refractivity contribution is 5.48. The van der Waals surface area contributed by atoms with Gasteiger partial charge in [0, 0.05) is 24.8 Å². The van der Waals surface area contributed by atoms with Gasteiger partial charge >= 0.3 is 0 Å². The summed E-state index contributed by atoms with van der Waals surface area (Å²) >= 11 is 0. The second kappa shape index (κ2) is 4.59. The highest BCUT2D eigenvalue weighted by Gasteiger charge is 2.17. The molecule has 0 unspecified atom stereocenters. The van der Waals surface area contributed by atoms with Crippen LogP contribution >= 0.6 is 0 Å². The van der Waals surface area contributed by atoms with Crippen LogP contribution in [-0.2, 0) is 4.74 Å². The topological polar surface area (TPSA) is 45.6 Å². The quantitative estimate of drug-likeness (QED) is 0.786. The third-order valence-electron chi connectivity index (χ3n) is 2.58. The zero-order chi connectivity index (χ0) is 10.7. The zero-order valence-corrected chi connectivity index (χ0v) is 8.89. The monoisotopic (exact) mass is 208 g/mol. The van der Waals surface area contributed by atoms with Crippen molar-refractivity contribution >= 4 is 5.82 Å². The zero-order valence-electron chi connectivity index (χ0n) is 8.89. The Hall–Kier alpha value is -1.13. The van der Waals surface area contributed by atoms with Crippen LogP contribution in [-0.4, -0.2) is 36.4 Å². The SMILES string of the molecule is C[C@H](O)c1cccnc1N1CCOCC1. The summed E-state index contributed by atoms with van der Waals surface area (Å²) in [6.07, 6.45) is 1.29. The molecule has 1 aliphatic rings. The number of nitrogens with zero attached hydrogens (tertiary/aromatic N) is 2. The lowest BCUT2D eigenvalue weighted by Crippen LogP contribution is -2.37. The lowest BCUT2D eigenvalue weighted by atomic mass is 10.1. The van der Waals surface area contributed by atoms with Crippen LogP contribution in [0.4, 0.5) is 5.82 Å². The van der Waals surface area contributed by atoms with Gasteiger partial charge in [-0.2, -0.15) is 0 Å². The number of pyridine rings is 1. The number of aliphatic hydroxyl groups is 1. The van der Waals surface area contributed by atoms with E-state index < -0.39 is 6.10 Å². The molecule has 0 saturated carbocycles. The van der Waals surface area contributed by atoms with Gasteiger partial charge in [-0.15, -0.1) is 0 Å². The van der Waals surface area contributed by atoms with Crippen LogP contribution in [0.5, 0.6) is 0 Å². The van der Waals surface area contributed by atoms with E-state index in [1.165, 1.54) is 0 Å². The molecule has 15 heavy (non-hydrogen) atoms. The van der Waals surface area contributed by atoms with Crippen molar-refractivity contribution in [1.82, 2.24) is 4.98 Å². The molecule has 82 valence electrons. The molecule has 0 radical (unpaired) electrons. The van der Waals surface area contributed by atoms with Crippen molar-refractivity contribution < 1.29 is 9.84 Å². The molecule has 0 aliphatic carbocycles. The smallest absolute Gasteiger partial charge is 0.134 e. The van der Waals surface area contributed by atoms with Crippen LogP contribution in [0.2, 0.25) is 0 Å². The van der Waals surface area contributed by atoms with Gasteiger partial charge in [0.15, 0.2) is 0 Å². The summed E-state index contributed by atoms with van der Waals surface area (Å²) in [5.41, 5.74) is 0.888. The summed E-state index contributed by atoms with van der Waals surface area (Å²) in [5.74, 6) is 0.885. The molecule has 2 heterocycles. The summed E-state index contributed by atoms with van der Waals surface area (Å²) < 4.78 is 5.29. The van der Waals surface area contributed by atoms with E-state index >= 15 is 0 Å². The lowest BCUT2D eigenvalue weighted by molar-refractivity contribution is 0.121. The van der Waals surface area contributed by atoms with Gasteiger partial charge in [0.1, 0.15) is 5.82 Å². The summed E-state index contributed by atoms with van der Waals surface area (Å²) in [6.45, 7) is 4.92. The van der Waals surface area contributed by atoms with Crippen LogP contribution in [0.15, 0.2) is 18.3 Å². The van der Waals surface area contributed by atoms with Gasteiger partial charge in [-0.3, -0.25) is 0 Å². The van der Waals surface area contributed by atoms with E-state index in [4.69, 9.17) is 4.74 Å². The largest absolute Gasteiger partial charge is 0.389 e. The Morgan fingerprint density at radius 1 is 1.47 bits per heavy atom. The van der Waals surface area contributed by atoms with Crippen LogP contribution < -0.4 is 4.90 Å². The van der Waals surface area contributed by atoms with Crippen molar-refractivity contribution in [2.24, 2.45) is 0 Å².